The van der Waals surface area contributed by atoms with E-state index in [9.17, 15) is 19.2 Å². The van der Waals surface area contributed by atoms with Crippen LogP contribution in [0.1, 0.15) is 25.7 Å². The van der Waals surface area contributed by atoms with Gasteiger partial charge in [0.15, 0.2) is 0 Å². The Morgan fingerprint density at radius 3 is 1.09 bits per heavy atom. The monoisotopic (exact) mass is 472 g/mol. The number of likely N-dealkylation sites (tertiary alicyclic amines) is 2. The van der Waals surface area contributed by atoms with Gasteiger partial charge in [-0.15, -0.1) is 0 Å². The Labute approximate surface area is 198 Å². The molecule has 7 heterocycles. The molecule has 0 aromatic carbocycles. The molecule has 8 atom stereocenters. The molecule has 0 unspecified atom stereocenters. The lowest BCUT2D eigenvalue weighted by molar-refractivity contribution is -0.144. The van der Waals surface area contributed by atoms with Gasteiger partial charge >= 0.3 is 0 Å². The van der Waals surface area contributed by atoms with Gasteiger partial charge in [-0.05, 0) is 25.7 Å². The number of rotatable bonds is 6. The number of piperazine rings is 1. The summed E-state index contributed by atoms with van der Waals surface area (Å²) in [6.07, 6.45) is 3.34. The van der Waals surface area contributed by atoms with Crippen LogP contribution >= 0.6 is 0 Å². The summed E-state index contributed by atoms with van der Waals surface area (Å²) in [7, 11) is 0. The summed E-state index contributed by atoms with van der Waals surface area (Å²) in [5, 5.41) is 0. The van der Waals surface area contributed by atoms with Crippen molar-refractivity contribution in [3.63, 3.8) is 0 Å². The summed E-state index contributed by atoms with van der Waals surface area (Å²) in [4.78, 5) is 58.8. The molecule has 7 saturated heterocycles. The Hall–Kier alpha value is -1.88. The second-order valence-electron chi connectivity index (χ2n) is 11.0. The Balaban J connectivity index is 0.876. The smallest absolute Gasteiger partial charge is 0.235 e. The summed E-state index contributed by atoms with van der Waals surface area (Å²) in [5.41, 5.74) is 0. The molecular weight excluding hydrogens is 440 g/mol. The zero-order valence-corrected chi connectivity index (χ0v) is 19.3. The average Bonchev–Trinajstić information content (AvgIpc) is 3.67. The highest BCUT2D eigenvalue weighted by Crippen LogP contribution is 2.49. The zero-order valence-electron chi connectivity index (χ0n) is 19.3. The molecule has 10 heteroatoms. The summed E-state index contributed by atoms with van der Waals surface area (Å²) >= 11 is 0. The number of nitrogens with zero attached hydrogens (tertiary/aromatic N) is 4. The largest absolute Gasteiger partial charge is 0.373 e. The summed E-state index contributed by atoms with van der Waals surface area (Å²) < 4.78 is 11.6. The molecule has 0 saturated carbocycles. The standard InChI is InChI=1S/C24H32N4O6/c29-21-17-13-1-2-14(33-13)18(17)22(30)27(21)11-9-25-5-7-26(8-6-25)10-12-28-23(31)19-15-3-4-16(34-15)20(19)24(28)32/h13-20H,1-12H2/t13-,14-,15-,16-,17-,18-,19-,20+/m1/s1. The van der Waals surface area contributed by atoms with Crippen LogP contribution in [0.4, 0.5) is 0 Å². The van der Waals surface area contributed by atoms with Gasteiger partial charge in [0.05, 0.1) is 48.1 Å². The Morgan fingerprint density at radius 1 is 0.500 bits per heavy atom. The molecule has 7 fully saturated rings. The van der Waals surface area contributed by atoms with Crippen molar-refractivity contribution in [3.8, 4) is 0 Å². The highest BCUT2D eigenvalue weighted by molar-refractivity contribution is 6.07. The van der Waals surface area contributed by atoms with Crippen molar-refractivity contribution in [1.82, 2.24) is 19.6 Å². The molecule has 0 N–H and O–H groups in total. The maximum atomic E-state index is 12.8. The van der Waals surface area contributed by atoms with Gasteiger partial charge in [0.2, 0.25) is 23.6 Å². The lowest BCUT2D eigenvalue weighted by atomic mass is 9.81. The van der Waals surface area contributed by atoms with E-state index in [0.29, 0.717) is 26.2 Å². The van der Waals surface area contributed by atoms with Crippen LogP contribution in [0.2, 0.25) is 0 Å². The Bertz CT molecular complexity index is 804. The highest BCUT2D eigenvalue weighted by atomic mass is 16.5. The number of amides is 4. The van der Waals surface area contributed by atoms with E-state index in [1.54, 1.807) is 0 Å². The summed E-state index contributed by atoms with van der Waals surface area (Å²) in [6.45, 7) is 5.69. The third kappa shape index (κ3) is 3.01. The third-order valence-electron chi connectivity index (χ3n) is 9.50. The maximum absolute atomic E-state index is 12.8. The molecule has 4 amide bonds. The minimum Gasteiger partial charge on any atom is -0.373 e. The van der Waals surface area contributed by atoms with Gasteiger partial charge in [-0.2, -0.15) is 0 Å². The molecule has 7 aliphatic rings. The predicted molar refractivity (Wildman–Crippen MR) is 116 cm³/mol. The third-order valence-corrected chi connectivity index (χ3v) is 9.50. The molecule has 0 spiro atoms. The van der Waals surface area contributed by atoms with Crippen molar-refractivity contribution < 1.29 is 28.7 Å². The van der Waals surface area contributed by atoms with Crippen molar-refractivity contribution in [2.24, 2.45) is 23.7 Å². The molecule has 4 bridgehead atoms. The first-order valence-electron chi connectivity index (χ1n) is 13.0. The Kier molecular flexibility index (Phi) is 4.92. The number of fused-ring (bicyclic) bond motifs is 10. The normalized spacial score (nSPS) is 43.6. The first-order valence-corrected chi connectivity index (χ1v) is 13.0. The first-order chi connectivity index (χ1) is 16.5. The SMILES string of the molecule is O=C1[C@@H]2[C@H](C(=O)N1CCN1CCN(CCN3C(=O)[C@H]4[C@H](C3=O)[C@H]3CC[C@H]4O3)CC1)[C@H]1CC[C@H]2O1. The van der Waals surface area contributed by atoms with E-state index in [0.717, 1.165) is 51.9 Å². The van der Waals surface area contributed by atoms with E-state index in [2.05, 4.69) is 9.80 Å². The van der Waals surface area contributed by atoms with Crippen molar-refractivity contribution in [1.29, 1.82) is 0 Å². The Morgan fingerprint density at radius 2 is 0.794 bits per heavy atom. The van der Waals surface area contributed by atoms with Crippen molar-refractivity contribution >= 4 is 23.6 Å². The van der Waals surface area contributed by atoms with Gasteiger partial charge in [-0.25, -0.2) is 0 Å². The lowest BCUT2D eigenvalue weighted by Crippen LogP contribution is -2.51. The average molecular weight is 473 g/mol. The quantitative estimate of drug-likeness (QED) is 0.451. The fraction of sp³-hybridized carbons (Fsp3) is 0.833. The van der Waals surface area contributed by atoms with Crippen molar-refractivity contribution in [2.75, 3.05) is 52.4 Å². The minimum atomic E-state index is -0.250. The minimum absolute atomic E-state index is 0.0376. The summed E-state index contributed by atoms with van der Waals surface area (Å²) in [6, 6.07) is 0. The second-order valence-corrected chi connectivity index (χ2v) is 11.0. The van der Waals surface area contributed by atoms with Gasteiger partial charge in [0.1, 0.15) is 0 Å². The first kappa shape index (κ1) is 21.4. The van der Waals surface area contributed by atoms with Gasteiger partial charge < -0.3 is 9.47 Å². The zero-order chi connectivity index (χ0) is 23.1. The van der Waals surface area contributed by atoms with E-state index in [1.165, 1.54) is 9.80 Å². The molecule has 34 heavy (non-hydrogen) atoms. The second kappa shape index (κ2) is 7.81. The molecule has 0 aliphatic carbocycles. The lowest BCUT2D eigenvalue weighted by Gasteiger charge is -2.35. The number of ether oxygens (including phenoxy) is 2. The predicted octanol–water partition coefficient (Wildman–Crippen LogP) is -1.07. The molecule has 0 radical (unpaired) electrons. The number of hydrogen-bond acceptors (Lipinski definition) is 8. The fourth-order valence-electron chi connectivity index (χ4n) is 7.71. The van der Waals surface area contributed by atoms with Crippen LogP contribution in [0.5, 0.6) is 0 Å². The molecule has 0 aromatic heterocycles. The van der Waals surface area contributed by atoms with Crippen LogP contribution in [0.15, 0.2) is 0 Å². The van der Waals surface area contributed by atoms with Crippen LogP contribution < -0.4 is 0 Å². The van der Waals surface area contributed by atoms with E-state index >= 15 is 0 Å². The van der Waals surface area contributed by atoms with E-state index in [4.69, 9.17) is 9.47 Å². The van der Waals surface area contributed by atoms with E-state index in [1.807, 2.05) is 0 Å². The van der Waals surface area contributed by atoms with E-state index < -0.39 is 0 Å². The van der Waals surface area contributed by atoms with Gasteiger partial charge in [-0.3, -0.25) is 38.8 Å². The van der Waals surface area contributed by atoms with Crippen LogP contribution in [0, 0.1) is 23.7 Å². The molecule has 7 rings (SSSR count). The topological polar surface area (TPSA) is 99.7 Å². The van der Waals surface area contributed by atoms with Gasteiger partial charge in [0.25, 0.3) is 0 Å². The molecule has 184 valence electrons. The van der Waals surface area contributed by atoms with Gasteiger partial charge in [0, 0.05) is 52.4 Å². The van der Waals surface area contributed by atoms with Crippen LogP contribution in [-0.4, -0.2) is 120 Å². The van der Waals surface area contributed by atoms with Crippen LogP contribution in [-0.2, 0) is 28.7 Å². The number of carbonyl (C=O) groups excluding carboxylic acids is 4. The maximum Gasteiger partial charge on any atom is 0.235 e. The number of imide groups is 2. The highest BCUT2D eigenvalue weighted by Gasteiger charge is 2.63. The fourth-order valence-corrected chi connectivity index (χ4v) is 7.71. The number of carbonyl (C=O) groups is 4. The molecular formula is C24H32N4O6. The summed E-state index contributed by atoms with van der Waals surface area (Å²) in [5.74, 6) is -1.15. The van der Waals surface area contributed by atoms with E-state index in [-0.39, 0.29) is 71.7 Å². The van der Waals surface area contributed by atoms with Crippen LogP contribution in [0.25, 0.3) is 0 Å². The molecule has 10 nitrogen and oxygen atoms in total. The van der Waals surface area contributed by atoms with Crippen LogP contribution in [0.3, 0.4) is 0 Å². The molecule has 0 aromatic rings. The van der Waals surface area contributed by atoms with Crippen molar-refractivity contribution in [3.05, 3.63) is 0 Å². The van der Waals surface area contributed by atoms with Gasteiger partial charge in [-0.1, -0.05) is 0 Å². The van der Waals surface area contributed by atoms with Crippen molar-refractivity contribution in [2.45, 2.75) is 50.1 Å². The molecule has 7 aliphatic heterocycles. The number of hydrogen-bond donors (Lipinski definition) is 0.